The van der Waals surface area contributed by atoms with Gasteiger partial charge in [-0.3, -0.25) is 4.79 Å². The van der Waals surface area contributed by atoms with Gasteiger partial charge in [0, 0.05) is 11.8 Å². The molecule has 0 aromatic heterocycles. The summed E-state index contributed by atoms with van der Waals surface area (Å²) in [6, 6.07) is 24.5. The first-order chi connectivity index (χ1) is 15.4. The maximum atomic E-state index is 12.6. The number of nitrogens with zero attached hydrogens (tertiary/aromatic N) is 1. The molecule has 0 aliphatic carbocycles. The maximum absolute atomic E-state index is 12.6. The highest BCUT2D eigenvalue weighted by atomic mass is 16.5. The standard InChI is InChI=1S/C27H26N2O3/c1-19(2)32-26-6-4-5-24(16-26)29-27(30)23(17-28)15-21-11-13-25(14-12-21)31-18-22-9-7-20(3)8-10-22/h4-16,19H,18H2,1-3H3,(H,29,30)/b23-15-. The number of carbonyl (C=O) groups excluding carboxylic acids is 1. The van der Waals surface area contributed by atoms with E-state index >= 15 is 0 Å². The molecule has 1 N–H and O–H groups in total. The Labute approximate surface area is 188 Å². The van der Waals surface area contributed by atoms with Crippen molar-refractivity contribution in [2.24, 2.45) is 0 Å². The van der Waals surface area contributed by atoms with Gasteiger partial charge in [-0.2, -0.15) is 5.26 Å². The quantitative estimate of drug-likeness (QED) is 0.359. The third-order valence-corrected chi connectivity index (χ3v) is 4.55. The van der Waals surface area contributed by atoms with E-state index < -0.39 is 5.91 Å². The van der Waals surface area contributed by atoms with Crippen molar-refractivity contribution in [3.05, 3.63) is 95.1 Å². The van der Waals surface area contributed by atoms with Crippen molar-refractivity contribution < 1.29 is 14.3 Å². The van der Waals surface area contributed by atoms with Crippen LogP contribution in [0.3, 0.4) is 0 Å². The summed E-state index contributed by atoms with van der Waals surface area (Å²) in [4.78, 5) is 12.6. The Morgan fingerprint density at radius 2 is 1.75 bits per heavy atom. The summed E-state index contributed by atoms with van der Waals surface area (Å²) < 4.78 is 11.4. The molecule has 0 spiro atoms. The first kappa shape index (κ1) is 22.6. The van der Waals surface area contributed by atoms with Gasteiger partial charge in [-0.05, 0) is 62.2 Å². The number of nitriles is 1. The Bertz CT molecular complexity index is 1120. The summed E-state index contributed by atoms with van der Waals surface area (Å²) in [5.74, 6) is 0.892. The van der Waals surface area contributed by atoms with E-state index in [0.29, 0.717) is 23.8 Å². The van der Waals surface area contributed by atoms with E-state index in [0.717, 1.165) is 11.1 Å². The Balaban J connectivity index is 1.63. The van der Waals surface area contributed by atoms with Crippen molar-refractivity contribution in [3.63, 3.8) is 0 Å². The lowest BCUT2D eigenvalue weighted by atomic mass is 10.1. The highest BCUT2D eigenvalue weighted by Gasteiger charge is 2.10. The molecule has 3 aromatic carbocycles. The number of amides is 1. The largest absolute Gasteiger partial charge is 0.491 e. The zero-order chi connectivity index (χ0) is 22.9. The average Bonchev–Trinajstić information content (AvgIpc) is 2.77. The van der Waals surface area contributed by atoms with Gasteiger partial charge in [0.2, 0.25) is 0 Å². The number of rotatable bonds is 8. The van der Waals surface area contributed by atoms with Crippen LogP contribution in [0.1, 0.15) is 30.5 Å². The molecule has 0 aliphatic rings. The van der Waals surface area contributed by atoms with Crippen molar-refractivity contribution in [2.75, 3.05) is 5.32 Å². The van der Waals surface area contributed by atoms with E-state index in [2.05, 4.69) is 17.4 Å². The van der Waals surface area contributed by atoms with Crippen LogP contribution >= 0.6 is 0 Å². The maximum Gasteiger partial charge on any atom is 0.266 e. The molecule has 162 valence electrons. The van der Waals surface area contributed by atoms with Crippen molar-refractivity contribution in [1.29, 1.82) is 5.26 Å². The Morgan fingerprint density at radius 3 is 2.41 bits per heavy atom. The number of aryl methyl sites for hydroxylation is 1. The van der Waals surface area contributed by atoms with Crippen LogP contribution in [0.4, 0.5) is 5.69 Å². The van der Waals surface area contributed by atoms with Gasteiger partial charge in [0.15, 0.2) is 0 Å². The van der Waals surface area contributed by atoms with Gasteiger partial charge < -0.3 is 14.8 Å². The van der Waals surface area contributed by atoms with E-state index in [-0.39, 0.29) is 11.7 Å². The molecule has 0 heterocycles. The minimum atomic E-state index is -0.478. The van der Waals surface area contributed by atoms with Gasteiger partial charge in [-0.1, -0.05) is 48.0 Å². The van der Waals surface area contributed by atoms with E-state index in [1.165, 1.54) is 5.56 Å². The second kappa shape index (κ2) is 10.8. The lowest BCUT2D eigenvalue weighted by Gasteiger charge is -2.11. The van der Waals surface area contributed by atoms with Gasteiger partial charge in [0.25, 0.3) is 5.91 Å². The van der Waals surface area contributed by atoms with Crippen molar-refractivity contribution >= 4 is 17.7 Å². The summed E-state index contributed by atoms with van der Waals surface area (Å²) in [6.45, 7) is 6.38. The monoisotopic (exact) mass is 426 g/mol. The normalized spacial score (nSPS) is 11.0. The second-order valence-corrected chi connectivity index (χ2v) is 7.66. The molecule has 0 unspecified atom stereocenters. The van der Waals surface area contributed by atoms with Gasteiger partial charge in [0.05, 0.1) is 6.10 Å². The Kier molecular flexibility index (Phi) is 7.66. The third-order valence-electron chi connectivity index (χ3n) is 4.55. The smallest absolute Gasteiger partial charge is 0.266 e. The first-order valence-electron chi connectivity index (χ1n) is 10.4. The second-order valence-electron chi connectivity index (χ2n) is 7.66. The van der Waals surface area contributed by atoms with Gasteiger partial charge in [-0.15, -0.1) is 0 Å². The molecule has 5 nitrogen and oxygen atoms in total. The predicted molar refractivity (Wildman–Crippen MR) is 126 cm³/mol. The van der Waals surface area contributed by atoms with E-state index in [4.69, 9.17) is 9.47 Å². The number of carbonyl (C=O) groups is 1. The molecule has 0 saturated heterocycles. The molecule has 0 atom stereocenters. The van der Waals surface area contributed by atoms with Gasteiger partial charge in [-0.25, -0.2) is 0 Å². The average molecular weight is 427 g/mol. The molecule has 0 bridgehead atoms. The van der Waals surface area contributed by atoms with Crippen LogP contribution in [0.15, 0.2) is 78.4 Å². The number of benzene rings is 3. The summed E-state index contributed by atoms with van der Waals surface area (Å²) in [7, 11) is 0. The van der Waals surface area contributed by atoms with E-state index in [9.17, 15) is 10.1 Å². The van der Waals surface area contributed by atoms with E-state index in [1.807, 2.05) is 69.3 Å². The van der Waals surface area contributed by atoms with Crippen LogP contribution in [-0.2, 0) is 11.4 Å². The van der Waals surface area contributed by atoms with Crippen molar-refractivity contribution in [3.8, 4) is 17.6 Å². The molecule has 0 aliphatic heterocycles. The van der Waals surface area contributed by atoms with Crippen molar-refractivity contribution in [1.82, 2.24) is 0 Å². The molecule has 3 rings (SSSR count). The molecule has 1 amide bonds. The van der Waals surface area contributed by atoms with Gasteiger partial charge >= 0.3 is 0 Å². The van der Waals surface area contributed by atoms with Crippen molar-refractivity contribution in [2.45, 2.75) is 33.5 Å². The number of hydrogen-bond acceptors (Lipinski definition) is 4. The summed E-state index contributed by atoms with van der Waals surface area (Å²) in [6.07, 6.45) is 1.58. The lowest BCUT2D eigenvalue weighted by Crippen LogP contribution is -2.13. The fraction of sp³-hybridized carbons (Fsp3) is 0.185. The molecule has 0 radical (unpaired) electrons. The fourth-order valence-corrected chi connectivity index (χ4v) is 2.94. The predicted octanol–water partition coefficient (Wildman–Crippen LogP) is 5.91. The number of hydrogen-bond donors (Lipinski definition) is 1. The summed E-state index contributed by atoms with van der Waals surface area (Å²) in [5, 5.41) is 12.2. The first-order valence-corrected chi connectivity index (χ1v) is 10.4. The Morgan fingerprint density at radius 1 is 1.03 bits per heavy atom. The third kappa shape index (κ3) is 6.75. The molecule has 0 saturated carbocycles. The van der Waals surface area contributed by atoms with Crippen LogP contribution in [0.25, 0.3) is 6.08 Å². The molecule has 0 fully saturated rings. The Hall–Kier alpha value is -4.04. The zero-order valence-corrected chi connectivity index (χ0v) is 18.5. The fourth-order valence-electron chi connectivity index (χ4n) is 2.94. The number of nitrogens with one attached hydrogen (secondary N) is 1. The molecular weight excluding hydrogens is 400 g/mol. The topological polar surface area (TPSA) is 71.3 Å². The highest BCUT2D eigenvalue weighted by Crippen LogP contribution is 2.20. The number of anilines is 1. The molecule has 32 heavy (non-hydrogen) atoms. The minimum absolute atomic E-state index is 0.00787. The SMILES string of the molecule is Cc1ccc(COc2ccc(/C=C(/C#N)C(=O)Nc3cccc(OC(C)C)c3)cc2)cc1. The molecule has 5 heteroatoms. The zero-order valence-electron chi connectivity index (χ0n) is 18.5. The van der Waals surface area contributed by atoms with Crippen LogP contribution < -0.4 is 14.8 Å². The minimum Gasteiger partial charge on any atom is -0.491 e. The molecular formula is C27H26N2O3. The summed E-state index contributed by atoms with van der Waals surface area (Å²) >= 11 is 0. The van der Waals surface area contributed by atoms with Gasteiger partial charge in [0.1, 0.15) is 29.7 Å². The molecule has 3 aromatic rings. The van der Waals surface area contributed by atoms with Crippen LogP contribution in [0, 0.1) is 18.3 Å². The van der Waals surface area contributed by atoms with Crippen LogP contribution in [-0.4, -0.2) is 12.0 Å². The van der Waals surface area contributed by atoms with E-state index in [1.54, 1.807) is 24.3 Å². The van der Waals surface area contributed by atoms with Crippen LogP contribution in [0.5, 0.6) is 11.5 Å². The summed E-state index contributed by atoms with van der Waals surface area (Å²) in [5.41, 5.74) is 3.60. The number of ether oxygens (including phenoxy) is 2. The lowest BCUT2D eigenvalue weighted by molar-refractivity contribution is -0.112. The highest BCUT2D eigenvalue weighted by molar-refractivity contribution is 6.09. The van der Waals surface area contributed by atoms with Crippen LogP contribution in [0.2, 0.25) is 0 Å².